The molecule has 0 amide bonds. The van der Waals surface area contributed by atoms with Gasteiger partial charge in [-0.25, -0.2) is 13.2 Å². The van der Waals surface area contributed by atoms with Gasteiger partial charge in [0.15, 0.2) is 0 Å². The molecule has 1 aliphatic rings. The van der Waals surface area contributed by atoms with E-state index in [0.29, 0.717) is 30.8 Å². The number of hydrogen-bond acceptors (Lipinski definition) is 3. The minimum absolute atomic E-state index is 0.00238. The SMILES string of the molecule is CCc1ccc(S(=O)(=O)N2CCC(n3c(=O)[nH]c4ccccc43)CC2)cc1. The largest absolute Gasteiger partial charge is 0.326 e. The molecule has 1 aliphatic heterocycles. The molecular formula is C20H23N3O3S. The molecule has 27 heavy (non-hydrogen) atoms. The summed E-state index contributed by atoms with van der Waals surface area (Å²) < 4.78 is 29.1. The number of sulfonamides is 1. The molecule has 1 N–H and O–H groups in total. The third-order valence-electron chi connectivity index (χ3n) is 5.38. The van der Waals surface area contributed by atoms with E-state index in [1.54, 1.807) is 16.7 Å². The number of hydrogen-bond donors (Lipinski definition) is 1. The van der Waals surface area contributed by atoms with Crippen LogP contribution in [0.5, 0.6) is 0 Å². The fourth-order valence-corrected chi connectivity index (χ4v) is 5.29. The predicted molar refractivity (Wildman–Crippen MR) is 105 cm³/mol. The Kier molecular flexibility index (Phi) is 4.65. The van der Waals surface area contributed by atoms with E-state index in [1.807, 2.05) is 43.3 Å². The Hall–Kier alpha value is -2.38. The molecule has 3 aromatic rings. The van der Waals surface area contributed by atoms with E-state index in [0.717, 1.165) is 23.0 Å². The summed E-state index contributed by atoms with van der Waals surface area (Å²) in [4.78, 5) is 15.6. The van der Waals surface area contributed by atoms with Crippen LogP contribution in [0.1, 0.15) is 31.4 Å². The van der Waals surface area contributed by atoms with Gasteiger partial charge in [0, 0.05) is 19.1 Å². The number of H-pyrrole nitrogens is 1. The Balaban J connectivity index is 1.54. The molecule has 1 fully saturated rings. The van der Waals surface area contributed by atoms with Crippen molar-refractivity contribution in [3.8, 4) is 0 Å². The average molecular weight is 385 g/mol. The van der Waals surface area contributed by atoms with E-state index >= 15 is 0 Å². The number of para-hydroxylation sites is 2. The van der Waals surface area contributed by atoms with E-state index in [1.165, 1.54) is 4.31 Å². The smallest absolute Gasteiger partial charge is 0.306 e. The second kappa shape index (κ2) is 6.98. The highest BCUT2D eigenvalue weighted by Gasteiger charge is 2.31. The number of aryl methyl sites for hydroxylation is 1. The van der Waals surface area contributed by atoms with Crippen LogP contribution in [0, 0.1) is 0 Å². The number of benzene rings is 2. The van der Waals surface area contributed by atoms with Crippen LogP contribution in [-0.2, 0) is 16.4 Å². The van der Waals surface area contributed by atoms with Crippen LogP contribution in [0.3, 0.4) is 0 Å². The van der Waals surface area contributed by atoms with Gasteiger partial charge < -0.3 is 4.98 Å². The Morgan fingerprint density at radius 3 is 2.37 bits per heavy atom. The van der Waals surface area contributed by atoms with Gasteiger partial charge in [-0.3, -0.25) is 4.57 Å². The first kappa shape index (κ1) is 18.0. The maximum absolute atomic E-state index is 12.9. The van der Waals surface area contributed by atoms with Crippen LogP contribution in [0.4, 0.5) is 0 Å². The molecule has 6 nitrogen and oxygen atoms in total. The summed E-state index contributed by atoms with van der Waals surface area (Å²) in [5, 5.41) is 0. The van der Waals surface area contributed by atoms with Gasteiger partial charge in [0.05, 0.1) is 15.9 Å². The molecular weight excluding hydrogens is 362 g/mol. The fraction of sp³-hybridized carbons (Fsp3) is 0.350. The van der Waals surface area contributed by atoms with Gasteiger partial charge in [0.1, 0.15) is 0 Å². The van der Waals surface area contributed by atoms with Crippen LogP contribution in [0.2, 0.25) is 0 Å². The Bertz CT molecular complexity index is 1110. The lowest BCUT2D eigenvalue weighted by atomic mass is 10.1. The number of nitrogens with zero attached hydrogens (tertiary/aromatic N) is 2. The molecule has 2 aromatic carbocycles. The average Bonchev–Trinajstić information content (AvgIpc) is 3.04. The van der Waals surface area contributed by atoms with E-state index in [4.69, 9.17) is 0 Å². The summed E-state index contributed by atoms with van der Waals surface area (Å²) in [7, 11) is -3.49. The zero-order valence-corrected chi connectivity index (χ0v) is 16.1. The third kappa shape index (κ3) is 3.21. The number of aromatic amines is 1. The quantitative estimate of drug-likeness (QED) is 0.750. The molecule has 142 valence electrons. The molecule has 0 saturated carbocycles. The first-order chi connectivity index (χ1) is 13.0. The number of aromatic nitrogens is 2. The monoisotopic (exact) mass is 385 g/mol. The molecule has 2 heterocycles. The van der Waals surface area contributed by atoms with E-state index in [-0.39, 0.29) is 11.7 Å². The van der Waals surface area contributed by atoms with Gasteiger partial charge >= 0.3 is 5.69 Å². The van der Waals surface area contributed by atoms with Gasteiger partial charge in [0.2, 0.25) is 10.0 Å². The molecule has 7 heteroatoms. The highest BCUT2D eigenvalue weighted by molar-refractivity contribution is 7.89. The normalized spacial score (nSPS) is 16.8. The second-order valence-corrected chi connectivity index (χ2v) is 8.89. The molecule has 0 bridgehead atoms. The summed E-state index contributed by atoms with van der Waals surface area (Å²) in [5.41, 5.74) is 2.67. The van der Waals surface area contributed by atoms with Crippen LogP contribution in [0.15, 0.2) is 58.2 Å². The lowest BCUT2D eigenvalue weighted by Gasteiger charge is -2.31. The van der Waals surface area contributed by atoms with Crippen molar-refractivity contribution >= 4 is 21.1 Å². The standard InChI is InChI=1S/C20H23N3O3S/c1-2-15-7-9-17(10-8-15)27(25,26)22-13-11-16(12-14-22)23-19-6-4-3-5-18(19)21-20(23)24/h3-10,16H,2,11-14H2,1H3,(H,21,24). The fourth-order valence-electron chi connectivity index (χ4n) is 3.82. The van der Waals surface area contributed by atoms with E-state index < -0.39 is 10.0 Å². The van der Waals surface area contributed by atoms with Crippen molar-refractivity contribution < 1.29 is 8.42 Å². The molecule has 4 rings (SSSR count). The first-order valence-corrected chi connectivity index (χ1v) is 10.7. The van der Waals surface area contributed by atoms with Gasteiger partial charge in [-0.1, -0.05) is 31.2 Å². The minimum Gasteiger partial charge on any atom is -0.306 e. The molecule has 0 spiro atoms. The van der Waals surface area contributed by atoms with Gasteiger partial charge in [-0.05, 0) is 49.1 Å². The highest BCUT2D eigenvalue weighted by Crippen LogP contribution is 2.28. The summed E-state index contributed by atoms with van der Waals surface area (Å²) in [5.74, 6) is 0. The summed E-state index contributed by atoms with van der Waals surface area (Å²) in [6, 6.07) is 14.7. The van der Waals surface area contributed by atoms with Crippen LogP contribution >= 0.6 is 0 Å². The van der Waals surface area contributed by atoms with Crippen molar-refractivity contribution in [3.05, 3.63) is 64.6 Å². The highest BCUT2D eigenvalue weighted by atomic mass is 32.2. The zero-order valence-electron chi connectivity index (χ0n) is 15.3. The number of nitrogens with one attached hydrogen (secondary N) is 1. The molecule has 0 unspecified atom stereocenters. The molecule has 1 aromatic heterocycles. The number of imidazole rings is 1. The third-order valence-corrected chi connectivity index (χ3v) is 7.29. The van der Waals surface area contributed by atoms with Gasteiger partial charge in [-0.15, -0.1) is 0 Å². The lowest BCUT2D eigenvalue weighted by Crippen LogP contribution is -2.40. The predicted octanol–water partition coefficient (Wildman–Crippen LogP) is 2.92. The minimum atomic E-state index is -3.49. The Labute approximate surface area is 158 Å². The molecule has 0 atom stereocenters. The summed E-state index contributed by atoms with van der Waals surface area (Å²) >= 11 is 0. The van der Waals surface area contributed by atoms with Crippen molar-refractivity contribution in [2.24, 2.45) is 0 Å². The Morgan fingerprint density at radius 1 is 1.04 bits per heavy atom. The van der Waals surface area contributed by atoms with Crippen LogP contribution in [-0.4, -0.2) is 35.4 Å². The van der Waals surface area contributed by atoms with Crippen molar-refractivity contribution in [2.45, 2.75) is 37.1 Å². The van der Waals surface area contributed by atoms with Crippen molar-refractivity contribution in [1.82, 2.24) is 13.9 Å². The lowest BCUT2D eigenvalue weighted by molar-refractivity contribution is 0.274. The van der Waals surface area contributed by atoms with Gasteiger partial charge in [-0.2, -0.15) is 4.31 Å². The number of rotatable bonds is 4. The van der Waals surface area contributed by atoms with Crippen molar-refractivity contribution in [1.29, 1.82) is 0 Å². The molecule has 0 radical (unpaired) electrons. The van der Waals surface area contributed by atoms with E-state index in [9.17, 15) is 13.2 Å². The summed E-state index contributed by atoms with van der Waals surface area (Å²) in [6.07, 6.45) is 2.12. The molecule has 1 saturated heterocycles. The van der Waals surface area contributed by atoms with Gasteiger partial charge in [0.25, 0.3) is 0 Å². The maximum Gasteiger partial charge on any atom is 0.326 e. The number of fused-ring (bicyclic) bond motifs is 1. The topological polar surface area (TPSA) is 75.2 Å². The van der Waals surface area contributed by atoms with E-state index in [2.05, 4.69) is 4.98 Å². The van der Waals surface area contributed by atoms with Crippen LogP contribution in [0.25, 0.3) is 11.0 Å². The summed E-state index contributed by atoms with van der Waals surface area (Å²) in [6.45, 7) is 2.86. The Morgan fingerprint density at radius 2 is 1.70 bits per heavy atom. The zero-order chi connectivity index (χ0) is 19.0. The first-order valence-electron chi connectivity index (χ1n) is 9.29. The second-order valence-electron chi connectivity index (χ2n) is 6.95. The number of piperidine rings is 1. The molecule has 0 aliphatic carbocycles. The van der Waals surface area contributed by atoms with Crippen LogP contribution < -0.4 is 5.69 Å². The van der Waals surface area contributed by atoms with Crippen molar-refractivity contribution in [2.75, 3.05) is 13.1 Å². The van der Waals surface area contributed by atoms with Crippen molar-refractivity contribution in [3.63, 3.8) is 0 Å². The maximum atomic E-state index is 12.9.